The molecule has 3 aromatic rings. The van der Waals surface area contributed by atoms with Crippen LogP contribution < -0.4 is 21.0 Å². The molecule has 192 valence electrons. The number of hydrogen-bond acceptors (Lipinski definition) is 7. The molecule has 2 aromatic heterocycles. The van der Waals surface area contributed by atoms with E-state index in [0.717, 1.165) is 15.2 Å². The first-order valence-electron chi connectivity index (χ1n) is 11.3. The van der Waals surface area contributed by atoms with E-state index in [1.54, 1.807) is 23.9 Å². The molecule has 3 heterocycles. The Kier molecular flexibility index (Phi) is 5.79. The average molecular weight is 532 g/mol. The summed E-state index contributed by atoms with van der Waals surface area (Å²) >= 11 is 6.02. The van der Waals surface area contributed by atoms with E-state index in [-0.39, 0.29) is 53.7 Å². The fraction of sp³-hybridized carbons (Fsp3) is 0.375. The summed E-state index contributed by atoms with van der Waals surface area (Å²) in [6.45, 7) is -0.0830. The Morgan fingerprint density at radius 3 is 2.49 bits per heavy atom. The largest absolute Gasteiger partial charge is 0.376 e. The normalized spacial score (nSPS) is 17.2. The molecule has 0 unspecified atom stereocenters. The summed E-state index contributed by atoms with van der Waals surface area (Å²) in [6.07, 6.45) is 0.868. The molecule has 0 bridgehead atoms. The fourth-order valence-electron chi connectivity index (χ4n) is 5.17. The molecule has 0 radical (unpaired) electrons. The van der Waals surface area contributed by atoms with Crippen LogP contribution in [-0.2, 0) is 6.54 Å². The van der Waals surface area contributed by atoms with E-state index >= 15 is 0 Å². The summed E-state index contributed by atoms with van der Waals surface area (Å²) in [4.78, 5) is 30.9. The van der Waals surface area contributed by atoms with Gasteiger partial charge in [-0.15, -0.1) is 5.10 Å². The highest BCUT2D eigenvalue weighted by molar-refractivity contribution is 6.31. The molecule has 2 fully saturated rings. The number of rotatable bonds is 5. The van der Waals surface area contributed by atoms with E-state index in [2.05, 4.69) is 10.2 Å². The van der Waals surface area contributed by atoms with E-state index in [1.807, 2.05) is 6.07 Å². The fourth-order valence-corrected chi connectivity index (χ4v) is 5.35. The summed E-state index contributed by atoms with van der Waals surface area (Å²) in [5.74, 6) is -3.44. The van der Waals surface area contributed by atoms with Crippen molar-refractivity contribution >= 4 is 23.1 Å². The van der Waals surface area contributed by atoms with E-state index in [1.165, 1.54) is 24.4 Å². The molecule has 0 atom stereocenters. The van der Waals surface area contributed by atoms with Gasteiger partial charge in [-0.25, -0.2) is 22.5 Å². The van der Waals surface area contributed by atoms with Crippen molar-refractivity contribution in [2.75, 3.05) is 37.0 Å². The molecule has 1 aliphatic heterocycles. The second-order valence-electron chi connectivity index (χ2n) is 9.73. The van der Waals surface area contributed by atoms with Gasteiger partial charge in [0.05, 0.1) is 28.5 Å². The third kappa shape index (κ3) is 4.13. The Balaban J connectivity index is 1.76. The maximum absolute atomic E-state index is 14.0. The second kappa shape index (κ2) is 8.62. The van der Waals surface area contributed by atoms with E-state index in [4.69, 9.17) is 11.6 Å². The van der Waals surface area contributed by atoms with E-state index in [9.17, 15) is 28.0 Å². The Morgan fingerprint density at radius 1 is 1.19 bits per heavy atom. The number of hydrogen-bond donors (Lipinski definition) is 0. The molecule has 2 aliphatic rings. The molecule has 9 nitrogen and oxygen atoms in total. The molecule has 1 aromatic carbocycles. The lowest BCUT2D eigenvalue weighted by atomic mass is 9.61. The lowest BCUT2D eigenvalue weighted by Crippen LogP contribution is -2.67. The zero-order valence-corrected chi connectivity index (χ0v) is 20.6. The number of benzene rings is 1. The predicted octanol–water partition coefficient (Wildman–Crippen LogP) is 3.07. The third-order valence-corrected chi connectivity index (χ3v) is 7.04. The molecule has 1 aliphatic carbocycles. The molecule has 1 saturated heterocycles. The van der Waals surface area contributed by atoms with Crippen LogP contribution in [0.15, 0.2) is 40.1 Å². The van der Waals surface area contributed by atoms with Crippen molar-refractivity contribution in [1.29, 1.82) is 5.26 Å². The van der Waals surface area contributed by atoms with Gasteiger partial charge in [-0.3, -0.25) is 9.36 Å². The lowest BCUT2D eigenvalue weighted by Gasteiger charge is -2.59. The monoisotopic (exact) mass is 531 g/mol. The highest BCUT2D eigenvalue weighted by Gasteiger charge is 2.62. The maximum atomic E-state index is 14.0. The van der Waals surface area contributed by atoms with Gasteiger partial charge in [0.25, 0.3) is 5.56 Å². The number of alkyl halides is 2. The van der Waals surface area contributed by atoms with Crippen molar-refractivity contribution in [1.82, 2.24) is 19.3 Å². The number of anilines is 2. The smallest absolute Gasteiger partial charge is 0.339 e. The van der Waals surface area contributed by atoms with Gasteiger partial charge in [0.15, 0.2) is 5.82 Å². The highest BCUT2D eigenvalue weighted by atomic mass is 35.5. The third-order valence-electron chi connectivity index (χ3n) is 6.75. The molecule has 13 heteroatoms. The summed E-state index contributed by atoms with van der Waals surface area (Å²) in [7, 11) is 3.49. The van der Waals surface area contributed by atoms with Gasteiger partial charge in [0.2, 0.25) is 5.92 Å². The van der Waals surface area contributed by atoms with Gasteiger partial charge in [-0.05, 0) is 17.7 Å². The molecule has 0 amide bonds. The SMILES string of the molecule is CN(C)c1cnnc(-n2c(=O)c(-c3ccc(F)c(Cl)c3)c(N3CC4(C3)CC(F)(F)C4)n(CC#N)c2=O)c1. The molecule has 1 saturated carbocycles. The second-order valence-corrected chi connectivity index (χ2v) is 10.1. The minimum absolute atomic E-state index is 0.0326. The topological polar surface area (TPSA) is 100 Å². The van der Waals surface area contributed by atoms with Crippen molar-refractivity contribution in [3.63, 3.8) is 0 Å². The summed E-state index contributed by atoms with van der Waals surface area (Å²) in [5, 5.41) is 17.1. The lowest BCUT2D eigenvalue weighted by molar-refractivity contribution is -0.170. The first-order valence-corrected chi connectivity index (χ1v) is 11.7. The Hall–Kier alpha value is -3.85. The van der Waals surface area contributed by atoms with Gasteiger partial charge in [-0.1, -0.05) is 17.7 Å². The van der Waals surface area contributed by atoms with Gasteiger partial charge < -0.3 is 9.80 Å². The van der Waals surface area contributed by atoms with Gasteiger partial charge >= 0.3 is 5.69 Å². The Labute approximate surface area is 213 Å². The predicted molar refractivity (Wildman–Crippen MR) is 131 cm³/mol. The van der Waals surface area contributed by atoms with Crippen LogP contribution >= 0.6 is 11.6 Å². The summed E-state index contributed by atoms with van der Waals surface area (Å²) in [6, 6.07) is 7.08. The van der Waals surface area contributed by atoms with Crippen LogP contribution in [0.4, 0.5) is 24.7 Å². The number of halogens is 4. The van der Waals surface area contributed by atoms with Crippen molar-refractivity contribution in [2.45, 2.75) is 25.3 Å². The van der Waals surface area contributed by atoms with Crippen LogP contribution in [0.5, 0.6) is 0 Å². The van der Waals surface area contributed by atoms with Crippen molar-refractivity contribution in [2.24, 2.45) is 5.41 Å². The molecule has 0 N–H and O–H groups in total. The van der Waals surface area contributed by atoms with Crippen LogP contribution in [0.3, 0.4) is 0 Å². The van der Waals surface area contributed by atoms with E-state index < -0.39 is 34.9 Å². The first kappa shape index (κ1) is 24.8. The van der Waals surface area contributed by atoms with Crippen LogP contribution in [-0.4, -0.2) is 52.4 Å². The van der Waals surface area contributed by atoms with Crippen LogP contribution in [0.1, 0.15) is 12.8 Å². The Bertz CT molecular complexity index is 1560. The standard InChI is InChI=1S/C24H21ClF3N7O2/c1-32(2)15-8-18(31-30-9-15)35-21(36)19(14-3-4-17(26)16(25)7-14)20(34(6-5-29)22(35)37)33-12-23(13-33)10-24(27,28)11-23/h3-4,7-9H,6,10-13H2,1-2H3. The van der Waals surface area contributed by atoms with Crippen molar-refractivity contribution in [3.8, 4) is 23.0 Å². The molecular weight excluding hydrogens is 511 g/mol. The van der Waals surface area contributed by atoms with Crippen LogP contribution in [0, 0.1) is 22.6 Å². The molecular formula is C24H21ClF3N7O2. The quantitative estimate of drug-likeness (QED) is 0.499. The minimum Gasteiger partial charge on any atom is -0.376 e. The Morgan fingerprint density at radius 2 is 1.89 bits per heavy atom. The van der Waals surface area contributed by atoms with Crippen molar-refractivity contribution < 1.29 is 13.2 Å². The van der Waals surface area contributed by atoms with Gasteiger partial charge in [-0.2, -0.15) is 10.4 Å². The van der Waals surface area contributed by atoms with E-state index in [0.29, 0.717) is 5.69 Å². The van der Waals surface area contributed by atoms with Crippen LogP contribution in [0.2, 0.25) is 5.02 Å². The summed E-state index contributed by atoms with van der Waals surface area (Å²) in [5.41, 5.74) is -1.53. The number of aromatic nitrogens is 4. The maximum Gasteiger partial charge on any atom is 0.339 e. The molecule has 5 rings (SSSR count). The minimum atomic E-state index is -2.74. The van der Waals surface area contributed by atoms with Crippen molar-refractivity contribution in [3.05, 3.63) is 62.1 Å². The zero-order valence-electron chi connectivity index (χ0n) is 19.9. The molecule has 1 spiro atoms. The van der Waals surface area contributed by atoms with Crippen LogP contribution in [0.25, 0.3) is 16.9 Å². The zero-order chi connectivity index (χ0) is 26.7. The highest BCUT2D eigenvalue weighted by Crippen LogP contribution is 2.57. The first-order chi connectivity index (χ1) is 17.4. The summed E-state index contributed by atoms with van der Waals surface area (Å²) < 4.78 is 43.1. The average Bonchev–Trinajstić information content (AvgIpc) is 2.79. The number of nitriles is 1. The molecule has 37 heavy (non-hydrogen) atoms. The van der Waals surface area contributed by atoms with Gasteiger partial charge in [0.1, 0.15) is 18.2 Å². The number of nitrogens with zero attached hydrogens (tertiary/aromatic N) is 7. The van der Waals surface area contributed by atoms with Gasteiger partial charge in [0, 0.05) is 51.5 Å².